The first-order valence-electron chi connectivity index (χ1n) is 3.66. The average Bonchev–Trinajstić information content (AvgIpc) is 2.60. The minimum Gasteiger partial charge on any atom is -0.390 e. The van der Waals surface area contributed by atoms with E-state index >= 15 is 0 Å². The van der Waals surface area contributed by atoms with E-state index in [9.17, 15) is 5.11 Å². The summed E-state index contributed by atoms with van der Waals surface area (Å²) in [6.45, 7) is 0.858. The standard InChI is InChI=1S/C7H12O2/c8-6-2-1-5-9-7(6)3-4-7/h6,8H,1-5H2. The molecule has 1 heterocycles. The van der Waals surface area contributed by atoms with Crippen LogP contribution in [0.25, 0.3) is 0 Å². The molecule has 0 aromatic rings. The first kappa shape index (κ1) is 5.69. The summed E-state index contributed by atoms with van der Waals surface area (Å²) in [7, 11) is 0. The summed E-state index contributed by atoms with van der Waals surface area (Å²) in [5.74, 6) is 0. The third kappa shape index (κ3) is 0.775. The highest BCUT2D eigenvalue weighted by Gasteiger charge is 2.51. The van der Waals surface area contributed by atoms with Crippen LogP contribution < -0.4 is 0 Å². The number of aliphatic hydroxyl groups is 1. The first-order valence-corrected chi connectivity index (χ1v) is 3.66. The summed E-state index contributed by atoms with van der Waals surface area (Å²) in [5.41, 5.74) is -0.0573. The van der Waals surface area contributed by atoms with E-state index in [2.05, 4.69) is 0 Å². The van der Waals surface area contributed by atoms with Crippen molar-refractivity contribution < 1.29 is 9.84 Å². The molecule has 0 aromatic carbocycles. The quantitative estimate of drug-likeness (QED) is 0.520. The third-order valence-electron chi connectivity index (χ3n) is 2.36. The lowest BCUT2D eigenvalue weighted by molar-refractivity contribution is -0.0920. The minimum atomic E-state index is -0.161. The van der Waals surface area contributed by atoms with Crippen LogP contribution in [0.5, 0.6) is 0 Å². The van der Waals surface area contributed by atoms with Gasteiger partial charge in [-0.05, 0) is 25.7 Å². The van der Waals surface area contributed by atoms with Crippen molar-refractivity contribution in [1.29, 1.82) is 0 Å². The van der Waals surface area contributed by atoms with Gasteiger partial charge in [0, 0.05) is 6.61 Å². The Hall–Kier alpha value is -0.0800. The van der Waals surface area contributed by atoms with Crippen molar-refractivity contribution >= 4 is 0 Å². The van der Waals surface area contributed by atoms with Gasteiger partial charge in [-0.3, -0.25) is 0 Å². The fourth-order valence-corrected chi connectivity index (χ4v) is 1.51. The van der Waals surface area contributed by atoms with E-state index in [1.54, 1.807) is 0 Å². The molecule has 1 saturated carbocycles. The monoisotopic (exact) mass is 128 g/mol. The summed E-state index contributed by atoms with van der Waals surface area (Å²) in [6, 6.07) is 0. The topological polar surface area (TPSA) is 29.5 Å². The van der Waals surface area contributed by atoms with Gasteiger partial charge in [0.25, 0.3) is 0 Å². The third-order valence-corrected chi connectivity index (χ3v) is 2.36. The lowest BCUT2D eigenvalue weighted by Gasteiger charge is -2.27. The number of aliphatic hydroxyl groups excluding tert-OH is 1. The smallest absolute Gasteiger partial charge is 0.0942 e. The molecule has 1 unspecified atom stereocenters. The fourth-order valence-electron chi connectivity index (χ4n) is 1.51. The van der Waals surface area contributed by atoms with Gasteiger partial charge in [-0.15, -0.1) is 0 Å². The van der Waals surface area contributed by atoms with Crippen molar-refractivity contribution in [1.82, 2.24) is 0 Å². The number of rotatable bonds is 0. The van der Waals surface area contributed by atoms with Gasteiger partial charge in [0.15, 0.2) is 0 Å². The molecule has 1 aliphatic carbocycles. The van der Waals surface area contributed by atoms with Gasteiger partial charge in [0.05, 0.1) is 11.7 Å². The Bertz CT molecular complexity index is 118. The molecule has 1 atom stereocenters. The maximum Gasteiger partial charge on any atom is 0.0942 e. The van der Waals surface area contributed by atoms with Crippen LogP contribution in [-0.4, -0.2) is 23.4 Å². The number of hydrogen-bond donors (Lipinski definition) is 1. The molecule has 2 heteroatoms. The van der Waals surface area contributed by atoms with Crippen molar-refractivity contribution in [2.24, 2.45) is 0 Å². The molecule has 2 rings (SSSR count). The highest BCUT2D eigenvalue weighted by molar-refractivity contribution is 5.03. The molecule has 2 aliphatic rings. The Labute approximate surface area is 54.8 Å². The second-order valence-electron chi connectivity index (χ2n) is 3.07. The summed E-state index contributed by atoms with van der Waals surface area (Å²) >= 11 is 0. The zero-order valence-electron chi connectivity index (χ0n) is 5.47. The SMILES string of the molecule is OC1CCCOC12CC2. The summed E-state index contributed by atoms with van der Waals surface area (Å²) < 4.78 is 5.44. The van der Waals surface area contributed by atoms with E-state index in [4.69, 9.17) is 4.74 Å². The maximum atomic E-state index is 9.37. The van der Waals surface area contributed by atoms with Crippen molar-refractivity contribution in [3.05, 3.63) is 0 Å². The highest BCUT2D eigenvalue weighted by atomic mass is 16.5. The van der Waals surface area contributed by atoms with E-state index in [0.717, 1.165) is 32.3 Å². The highest BCUT2D eigenvalue weighted by Crippen LogP contribution is 2.46. The molecular weight excluding hydrogens is 116 g/mol. The predicted molar refractivity (Wildman–Crippen MR) is 33.2 cm³/mol. The molecular formula is C7H12O2. The molecule has 0 bridgehead atoms. The van der Waals surface area contributed by atoms with Gasteiger partial charge in [0.2, 0.25) is 0 Å². The maximum absolute atomic E-state index is 9.37. The van der Waals surface area contributed by atoms with Crippen LogP contribution >= 0.6 is 0 Å². The van der Waals surface area contributed by atoms with Crippen LogP contribution in [0.2, 0.25) is 0 Å². The molecule has 1 spiro atoms. The van der Waals surface area contributed by atoms with E-state index < -0.39 is 0 Å². The molecule has 0 radical (unpaired) electrons. The number of ether oxygens (including phenoxy) is 1. The van der Waals surface area contributed by atoms with Crippen LogP contribution in [0, 0.1) is 0 Å². The molecule has 1 aliphatic heterocycles. The summed E-state index contributed by atoms with van der Waals surface area (Å²) in [6.07, 6.45) is 3.97. The molecule has 1 saturated heterocycles. The Balaban J connectivity index is 2.03. The molecule has 0 amide bonds. The predicted octanol–water partition coefficient (Wildman–Crippen LogP) is 0.690. The van der Waals surface area contributed by atoms with E-state index in [1.807, 2.05) is 0 Å². The first-order chi connectivity index (χ1) is 4.33. The lowest BCUT2D eigenvalue weighted by atomic mass is 10.0. The van der Waals surface area contributed by atoms with Crippen LogP contribution in [0.3, 0.4) is 0 Å². The van der Waals surface area contributed by atoms with E-state index in [1.165, 1.54) is 0 Å². The van der Waals surface area contributed by atoms with Gasteiger partial charge in [-0.2, -0.15) is 0 Å². The minimum absolute atomic E-state index is 0.0573. The van der Waals surface area contributed by atoms with Crippen molar-refractivity contribution in [2.75, 3.05) is 6.61 Å². The Morgan fingerprint density at radius 1 is 1.44 bits per heavy atom. The number of hydrogen-bond acceptors (Lipinski definition) is 2. The fraction of sp³-hybridized carbons (Fsp3) is 1.00. The van der Waals surface area contributed by atoms with Gasteiger partial charge in [-0.1, -0.05) is 0 Å². The zero-order valence-corrected chi connectivity index (χ0v) is 5.47. The average molecular weight is 128 g/mol. The van der Waals surface area contributed by atoms with Crippen LogP contribution in [0.4, 0.5) is 0 Å². The molecule has 1 N–H and O–H groups in total. The Kier molecular flexibility index (Phi) is 1.08. The van der Waals surface area contributed by atoms with Crippen LogP contribution in [0.1, 0.15) is 25.7 Å². The van der Waals surface area contributed by atoms with Gasteiger partial charge in [0.1, 0.15) is 0 Å². The second-order valence-corrected chi connectivity index (χ2v) is 3.07. The van der Waals surface area contributed by atoms with Crippen LogP contribution in [-0.2, 0) is 4.74 Å². The van der Waals surface area contributed by atoms with Crippen molar-refractivity contribution in [3.8, 4) is 0 Å². The summed E-state index contributed by atoms with van der Waals surface area (Å²) in [4.78, 5) is 0. The van der Waals surface area contributed by atoms with Crippen molar-refractivity contribution in [3.63, 3.8) is 0 Å². The molecule has 0 aromatic heterocycles. The van der Waals surface area contributed by atoms with Gasteiger partial charge < -0.3 is 9.84 Å². The van der Waals surface area contributed by atoms with Gasteiger partial charge in [-0.25, -0.2) is 0 Å². The van der Waals surface area contributed by atoms with E-state index in [0.29, 0.717) is 0 Å². The van der Waals surface area contributed by atoms with E-state index in [-0.39, 0.29) is 11.7 Å². The normalized spacial score (nSPS) is 39.0. The summed E-state index contributed by atoms with van der Waals surface area (Å²) in [5, 5.41) is 9.37. The van der Waals surface area contributed by atoms with Crippen LogP contribution in [0.15, 0.2) is 0 Å². The molecule has 2 nitrogen and oxygen atoms in total. The Morgan fingerprint density at radius 3 is 2.67 bits per heavy atom. The molecule has 2 fully saturated rings. The Morgan fingerprint density at radius 2 is 2.22 bits per heavy atom. The zero-order chi connectivity index (χ0) is 6.32. The van der Waals surface area contributed by atoms with Crippen molar-refractivity contribution in [2.45, 2.75) is 37.4 Å². The second kappa shape index (κ2) is 1.70. The largest absolute Gasteiger partial charge is 0.390 e. The van der Waals surface area contributed by atoms with Gasteiger partial charge >= 0.3 is 0 Å². The molecule has 52 valence electrons. The lowest BCUT2D eigenvalue weighted by Crippen LogP contribution is -2.35. The molecule has 9 heavy (non-hydrogen) atoms.